The van der Waals surface area contributed by atoms with E-state index in [-0.39, 0.29) is 12.3 Å². The van der Waals surface area contributed by atoms with Crippen molar-refractivity contribution >= 4 is 17.8 Å². The monoisotopic (exact) mass is 293 g/mol. The van der Waals surface area contributed by atoms with E-state index in [0.717, 1.165) is 12.8 Å². The summed E-state index contributed by atoms with van der Waals surface area (Å²) in [6.45, 7) is 0.473. The summed E-state index contributed by atoms with van der Waals surface area (Å²) < 4.78 is 4.60. The number of ether oxygens (including phenoxy) is 1. The van der Waals surface area contributed by atoms with Crippen LogP contribution in [0.25, 0.3) is 0 Å². The second kappa shape index (κ2) is 8.73. The smallest absolute Gasteiger partial charge is 0.337 e. The molecule has 0 bridgehead atoms. The van der Waals surface area contributed by atoms with Crippen LogP contribution in [-0.2, 0) is 9.53 Å². The number of hydrogen-bond acceptors (Lipinski definition) is 4. The average Bonchev–Trinajstić information content (AvgIpc) is 2.49. The highest BCUT2D eigenvalue weighted by atomic mass is 16.5. The first-order valence-corrected chi connectivity index (χ1v) is 6.73. The number of aliphatic carboxylic acids is 1. The van der Waals surface area contributed by atoms with Gasteiger partial charge < -0.3 is 15.2 Å². The highest BCUT2D eigenvalue weighted by Gasteiger charge is 2.10. The van der Waals surface area contributed by atoms with E-state index in [1.807, 2.05) is 0 Å². The van der Waals surface area contributed by atoms with Gasteiger partial charge in [-0.25, -0.2) is 4.79 Å². The van der Waals surface area contributed by atoms with Crippen LogP contribution in [0.15, 0.2) is 24.3 Å². The Labute approximate surface area is 123 Å². The Morgan fingerprint density at radius 1 is 1.14 bits per heavy atom. The van der Waals surface area contributed by atoms with E-state index in [1.54, 1.807) is 18.2 Å². The summed E-state index contributed by atoms with van der Waals surface area (Å²) in [5, 5.41) is 11.2. The lowest BCUT2D eigenvalue weighted by atomic mass is 10.1. The van der Waals surface area contributed by atoms with Crippen molar-refractivity contribution in [3.63, 3.8) is 0 Å². The van der Waals surface area contributed by atoms with Gasteiger partial charge in [-0.3, -0.25) is 9.59 Å². The largest absolute Gasteiger partial charge is 0.481 e. The maximum Gasteiger partial charge on any atom is 0.337 e. The van der Waals surface area contributed by atoms with Crippen LogP contribution in [0.1, 0.15) is 46.4 Å². The minimum absolute atomic E-state index is 0.148. The predicted octanol–water partition coefficient (Wildman–Crippen LogP) is 1.85. The first kappa shape index (κ1) is 16.7. The summed E-state index contributed by atoms with van der Waals surface area (Å²) in [4.78, 5) is 33.6. The molecule has 0 radical (unpaired) electrons. The Hall–Kier alpha value is -2.37. The molecule has 0 aliphatic carbocycles. The Morgan fingerprint density at radius 3 is 2.52 bits per heavy atom. The van der Waals surface area contributed by atoms with Crippen LogP contribution in [0.2, 0.25) is 0 Å². The molecule has 6 heteroatoms. The second-order valence-electron chi connectivity index (χ2n) is 4.53. The molecular weight excluding hydrogens is 274 g/mol. The van der Waals surface area contributed by atoms with Gasteiger partial charge in [-0.2, -0.15) is 0 Å². The number of esters is 1. The summed E-state index contributed by atoms with van der Waals surface area (Å²) in [6, 6.07) is 6.29. The lowest BCUT2D eigenvalue weighted by molar-refractivity contribution is -0.137. The SMILES string of the molecule is COC(=O)c1cccc(C(=O)NCCCCCC(=O)O)c1. The Bertz CT molecular complexity index is 513. The van der Waals surface area contributed by atoms with Gasteiger partial charge in [-0.15, -0.1) is 0 Å². The fraction of sp³-hybridized carbons (Fsp3) is 0.400. The zero-order valence-electron chi connectivity index (χ0n) is 11.9. The number of nitrogens with one attached hydrogen (secondary N) is 1. The Morgan fingerprint density at radius 2 is 1.86 bits per heavy atom. The standard InChI is InChI=1S/C15H19NO5/c1-21-15(20)12-7-5-6-11(10-12)14(19)16-9-4-2-3-8-13(17)18/h5-7,10H,2-4,8-9H2,1H3,(H,16,19)(H,17,18). The lowest BCUT2D eigenvalue weighted by Gasteiger charge is -2.06. The fourth-order valence-electron chi connectivity index (χ4n) is 1.79. The number of carboxylic acids is 1. The summed E-state index contributed by atoms with van der Waals surface area (Å²) in [7, 11) is 1.28. The highest BCUT2D eigenvalue weighted by molar-refractivity contribution is 5.97. The minimum atomic E-state index is -0.807. The first-order valence-electron chi connectivity index (χ1n) is 6.73. The molecule has 0 atom stereocenters. The molecule has 2 N–H and O–H groups in total. The van der Waals surface area contributed by atoms with Crippen molar-refractivity contribution in [3.8, 4) is 0 Å². The van der Waals surface area contributed by atoms with Crippen molar-refractivity contribution in [3.05, 3.63) is 35.4 Å². The van der Waals surface area contributed by atoms with E-state index in [1.165, 1.54) is 13.2 Å². The maximum absolute atomic E-state index is 11.9. The number of benzene rings is 1. The summed E-state index contributed by atoms with van der Waals surface area (Å²) in [5.41, 5.74) is 0.718. The third kappa shape index (κ3) is 6.07. The van der Waals surface area contributed by atoms with Crippen molar-refractivity contribution in [2.45, 2.75) is 25.7 Å². The van der Waals surface area contributed by atoms with Crippen LogP contribution in [0.3, 0.4) is 0 Å². The van der Waals surface area contributed by atoms with E-state index in [2.05, 4.69) is 10.1 Å². The third-order valence-corrected chi connectivity index (χ3v) is 2.90. The van der Waals surface area contributed by atoms with Crippen LogP contribution in [0.5, 0.6) is 0 Å². The summed E-state index contributed by atoms with van der Waals surface area (Å²) in [5.74, 6) is -1.56. The number of carbonyl (C=O) groups is 3. The maximum atomic E-state index is 11.9. The number of carboxylic acid groups (broad SMARTS) is 1. The van der Waals surface area contributed by atoms with Crippen molar-refractivity contribution in [1.29, 1.82) is 0 Å². The highest BCUT2D eigenvalue weighted by Crippen LogP contribution is 2.07. The molecule has 114 valence electrons. The van der Waals surface area contributed by atoms with Gasteiger partial charge in [-0.05, 0) is 31.0 Å². The minimum Gasteiger partial charge on any atom is -0.481 e. The predicted molar refractivity (Wildman–Crippen MR) is 76.2 cm³/mol. The lowest BCUT2D eigenvalue weighted by Crippen LogP contribution is -2.24. The molecule has 0 aliphatic heterocycles. The van der Waals surface area contributed by atoms with E-state index in [4.69, 9.17) is 5.11 Å². The molecule has 6 nitrogen and oxygen atoms in total. The molecule has 1 rings (SSSR count). The second-order valence-corrected chi connectivity index (χ2v) is 4.53. The molecule has 0 aliphatic rings. The van der Waals surface area contributed by atoms with E-state index >= 15 is 0 Å². The van der Waals surface area contributed by atoms with Gasteiger partial charge in [0.15, 0.2) is 0 Å². The fourth-order valence-corrected chi connectivity index (χ4v) is 1.79. The molecule has 1 aromatic carbocycles. The van der Waals surface area contributed by atoms with E-state index in [0.29, 0.717) is 24.1 Å². The van der Waals surface area contributed by atoms with Gasteiger partial charge in [0, 0.05) is 18.5 Å². The number of methoxy groups -OCH3 is 1. The van der Waals surface area contributed by atoms with Crippen LogP contribution < -0.4 is 5.32 Å². The molecule has 0 aromatic heterocycles. The molecule has 21 heavy (non-hydrogen) atoms. The number of amides is 1. The van der Waals surface area contributed by atoms with Gasteiger partial charge >= 0.3 is 11.9 Å². The zero-order valence-corrected chi connectivity index (χ0v) is 11.9. The third-order valence-electron chi connectivity index (χ3n) is 2.90. The summed E-state index contributed by atoms with van der Waals surface area (Å²) >= 11 is 0. The van der Waals surface area contributed by atoms with Gasteiger partial charge in [0.2, 0.25) is 0 Å². The van der Waals surface area contributed by atoms with Gasteiger partial charge in [0.05, 0.1) is 12.7 Å². The number of rotatable bonds is 8. The number of hydrogen-bond donors (Lipinski definition) is 2. The summed E-state index contributed by atoms with van der Waals surface area (Å²) in [6.07, 6.45) is 2.21. The molecule has 0 spiro atoms. The molecular formula is C15H19NO5. The van der Waals surface area contributed by atoms with Crippen LogP contribution in [-0.4, -0.2) is 36.6 Å². The first-order chi connectivity index (χ1) is 10.0. The van der Waals surface area contributed by atoms with Crippen molar-refractivity contribution in [2.75, 3.05) is 13.7 Å². The topological polar surface area (TPSA) is 92.7 Å². The van der Waals surface area contributed by atoms with E-state index < -0.39 is 11.9 Å². The number of carbonyl (C=O) groups excluding carboxylic acids is 2. The molecule has 0 fully saturated rings. The molecule has 0 saturated carbocycles. The molecule has 0 heterocycles. The van der Waals surface area contributed by atoms with Gasteiger partial charge in [0.25, 0.3) is 5.91 Å². The van der Waals surface area contributed by atoms with Gasteiger partial charge in [0.1, 0.15) is 0 Å². The normalized spacial score (nSPS) is 9.95. The molecule has 0 saturated heterocycles. The van der Waals surface area contributed by atoms with Crippen LogP contribution in [0.4, 0.5) is 0 Å². The van der Waals surface area contributed by atoms with Crippen LogP contribution in [0, 0.1) is 0 Å². The van der Waals surface area contributed by atoms with E-state index in [9.17, 15) is 14.4 Å². The van der Waals surface area contributed by atoms with Crippen LogP contribution >= 0.6 is 0 Å². The van der Waals surface area contributed by atoms with Crippen molar-refractivity contribution in [1.82, 2.24) is 5.32 Å². The Kier molecular flexibility index (Phi) is 6.94. The average molecular weight is 293 g/mol. The molecule has 0 unspecified atom stereocenters. The van der Waals surface area contributed by atoms with Crippen molar-refractivity contribution < 1.29 is 24.2 Å². The molecule has 1 amide bonds. The van der Waals surface area contributed by atoms with Gasteiger partial charge in [-0.1, -0.05) is 12.5 Å². The quantitative estimate of drug-likeness (QED) is 0.563. The Balaban J connectivity index is 2.38. The zero-order chi connectivity index (χ0) is 15.7. The number of unbranched alkanes of at least 4 members (excludes halogenated alkanes) is 2. The molecule has 1 aromatic rings. The van der Waals surface area contributed by atoms with Crippen molar-refractivity contribution in [2.24, 2.45) is 0 Å².